The van der Waals surface area contributed by atoms with Gasteiger partial charge < -0.3 is 10.2 Å². The highest BCUT2D eigenvalue weighted by Crippen LogP contribution is 2.50. The Bertz CT molecular complexity index is 913. The van der Waals surface area contributed by atoms with Crippen LogP contribution in [0.4, 0.5) is 0 Å². The van der Waals surface area contributed by atoms with Crippen molar-refractivity contribution in [1.82, 2.24) is 10.2 Å². The zero-order chi connectivity index (χ0) is 19.8. The quantitative estimate of drug-likeness (QED) is 0.844. The first-order chi connectivity index (χ1) is 14.2. The molecule has 150 valence electrons. The van der Waals surface area contributed by atoms with E-state index in [1.165, 1.54) is 6.42 Å². The van der Waals surface area contributed by atoms with E-state index in [9.17, 15) is 9.59 Å². The molecule has 2 amide bonds. The lowest BCUT2D eigenvalue weighted by Crippen LogP contribution is -2.62. The van der Waals surface area contributed by atoms with Gasteiger partial charge in [0.1, 0.15) is 0 Å². The van der Waals surface area contributed by atoms with Gasteiger partial charge in [-0.3, -0.25) is 9.59 Å². The van der Waals surface area contributed by atoms with Crippen molar-refractivity contribution in [3.05, 3.63) is 71.3 Å². The lowest BCUT2D eigenvalue weighted by Gasteiger charge is -2.53. The molecule has 5 rings (SSSR count). The molecule has 1 atom stereocenters. The molecule has 29 heavy (non-hydrogen) atoms. The second kappa shape index (κ2) is 7.33. The van der Waals surface area contributed by atoms with E-state index in [4.69, 9.17) is 0 Å². The van der Waals surface area contributed by atoms with Gasteiger partial charge in [0.05, 0.1) is 11.5 Å². The standard InChI is InChI=1S/C25H28N2O2/c28-23(26-19-13-14-19)22-20-11-5-6-12-21(20)24(29)27(17-18-9-3-1-4-10-18)25(22)15-7-2-8-16-25/h1,3-6,9-12,19,22H,2,7-8,13-17H2,(H,26,28)/t22-/m1/s1. The predicted octanol–water partition coefficient (Wildman–Crippen LogP) is 4.41. The van der Waals surface area contributed by atoms with Crippen LogP contribution in [-0.2, 0) is 11.3 Å². The van der Waals surface area contributed by atoms with Crippen LogP contribution in [0.5, 0.6) is 0 Å². The van der Waals surface area contributed by atoms with E-state index in [-0.39, 0.29) is 17.7 Å². The van der Waals surface area contributed by atoms with Gasteiger partial charge in [-0.1, -0.05) is 67.8 Å². The Morgan fingerprint density at radius 1 is 0.966 bits per heavy atom. The number of fused-ring (bicyclic) bond motifs is 1. The predicted molar refractivity (Wildman–Crippen MR) is 112 cm³/mol. The van der Waals surface area contributed by atoms with Crippen LogP contribution in [0.15, 0.2) is 54.6 Å². The van der Waals surface area contributed by atoms with Gasteiger partial charge in [-0.2, -0.15) is 0 Å². The van der Waals surface area contributed by atoms with Crippen LogP contribution >= 0.6 is 0 Å². The summed E-state index contributed by atoms with van der Waals surface area (Å²) in [5, 5.41) is 3.26. The van der Waals surface area contributed by atoms with Crippen molar-refractivity contribution in [3.63, 3.8) is 0 Å². The summed E-state index contributed by atoms with van der Waals surface area (Å²) < 4.78 is 0. The number of benzene rings is 2. The number of nitrogens with zero attached hydrogens (tertiary/aromatic N) is 1. The van der Waals surface area contributed by atoms with Gasteiger partial charge >= 0.3 is 0 Å². The summed E-state index contributed by atoms with van der Waals surface area (Å²) in [6.07, 6.45) is 7.22. The van der Waals surface area contributed by atoms with Crippen molar-refractivity contribution in [1.29, 1.82) is 0 Å². The van der Waals surface area contributed by atoms with E-state index in [1.54, 1.807) is 0 Å². The fourth-order valence-electron chi connectivity index (χ4n) is 5.35. The number of carbonyl (C=O) groups excluding carboxylic acids is 2. The molecule has 2 fully saturated rings. The van der Waals surface area contributed by atoms with Gasteiger partial charge in [0.25, 0.3) is 5.91 Å². The molecule has 4 heteroatoms. The van der Waals surface area contributed by atoms with Crippen LogP contribution in [0.1, 0.15) is 72.3 Å². The minimum Gasteiger partial charge on any atom is -0.353 e. The molecule has 0 aromatic heterocycles. The van der Waals surface area contributed by atoms with Crippen molar-refractivity contribution in [3.8, 4) is 0 Å². The molecular formula is C25H28N2O2. The van der Waals surface area contributed by atoms with Crippen LogP contribution < -0.4 is 5.32 Å². The minimum absolute atomic E-state index is 0.0711. The average molecular weight is 389 g/mol. The van der Waals surface area contributed by atoms with Crippen LogP contribution in [0, 0.1) is 0 Å². The monoisotopic (exact) mass is 388 g/mol. The molecule has 0 radical (unpaired) electrons. The smallest absolute Gasteiger partial charge is 0.254 e. The van der Waals surface area contributed by atoms with Crippen molar-refractivity contribution >= 4 is 11.8 Å². The van der Waals surface area contributed by atoms with Crippen molar-refractivity contribution in [2.24, 2.45) is 0 Å². The number of hydrogen-bond donors (Lipinski definition) is 1. The summed E-state index contributed by atoms with van der Waals surface area (Å²) in [6, 6.07) is 18.3. The Kier molecular flexibility index (Phi) is 4.65. The summed E-state index contributed by atoms with van der Waals surface area (Å²) in [4.78, 5) is 29.3. The molecule has 1 N–H and O–H groups in total. The van der Waals surface area contributed by atoms with E-state index in [2.05, 4.69) is 17.4 Å². The van der Waals surface area contributed by atoms with Gasteiger partial charge in [0, 0.05) is 18.2 Å². The largest absolute Gasteiger partial charge is 0.353 e. The maximum atomic E-state index is 13.7. The third-order valence-electron chi connectivity index (χ3n) is 6.91. The molecule has 3 aliphatic rings. The number of amides is 2. The Labute approximate surface area is 172 Å². The van der Waals surface area contributed by atoms with Crippen LogP contribution in [0.25, 0.3) is 0 Å². The minimum atomic E-state index is -0.432. The maximum absolute atomic E-state index is 13.7. The highest BCUT2D eigenvalue weighted by atomic mass is 16.2. The lowest BCUT2D eigenvalue weighted by atomic mass is 9.65. The van der Waals surface area contributed by atoms with Gasteiger partial charge in [-0.25, -0.2) is 0 Å². The molecular weight excluding hydrogens is 360 g/mol. The van der Waals surface area contributed by atoms with Crippen LogP contribution in [0.3, 0.4) is 0 Å². The fourth-order valence-corrected chi connectivity index (χ4v) is 5.35. The van der Waals surface area contributed by atoms with E-state index in [0.717, 1.165) is 49.7 Å². The first-order valence-electron chi connectivity index (χ1n) is 10.9. The third-order valence-corrected chi connectivity index (χ3v) is 6.91. The second-order valence-electron chi connectivity index (χ2n) is 8.84. The number of carbonyl (C=O) groups is 2. The molecule has 1 spiro atoms. The van der Waals surface area contributed by atoms with Crippen molar-refractivity contribution in [2.75, 3.05) is 0 Å². The van der Waals surface area contributed by atoms with E-state index >= 15 is 0 Å². The van der Waals surface area contributed by atoms with Gasteiger partial charge in [-0.05, 0) is 42.9 Å². The fraction of sp³-hybridized carbons (Fsp3) is 0.440. The highest BCUT2D eigenvalue weighted by Gasteiger charge is 2.54. The summed E-state index contributed by atoms with van der Waals surface area (Å²) in [7, 11) is 0. The highest BCUT2D eigenvalue weighted by molar-refractivity contribution is 6.02. The van der Waals surface area contributed by atoms with Gasteiger partial charge in [-0.15, -0.1) is 0 Å². The van der Waals surface area contributed by atoms with E-state index in [0.29, 0.717) is 18.2 Å². The number of nitrogens with one attached hydrogen (secondary N) is 1. The zero-order valence-electron chi connectivity index (χ0n) is 16.8. The third kappa shape index (κ3) is 3.25. The van der Waals surface area contributed by atoms with Crippen molar-refractivity contribution in [2.45, 2.75) is 69.0 Å². The average Bonchev–Trinajstić information content (AvgIpc) is 3.57. The summed E-state index contributed by atoms with van der Waals surface area (Å²) >= 11 is 0. The lowest BCUT2D eigenvalue weighted by molar-refractivity contribution is -0.127. The summed E-state index contributed by atoms with van der Waals surface area (Å²) in [6.45, 7) is 0.557. The summed E-state index contributed by atoms with van der Waals surface area (Å²) in [5.41, 5.74) is 2.29. The first-order valence-corrected chi connectivity index (χ1v) is 10.9. The normalized spacial score (nSPS) is 23.0. The second-order valence-corrected chi connectivity index (χ2v) is 8.84. The molecule has 0 unspecified atom stereocenters. The first kappa shape index (κ1) is 18.4. The molecule has 0 bridgehead atoms. The number of rotatable bonds is 4. The molecule has 2 saturated carbocycles. The molecule has 1 heterocycles. The number of hydrogen-bond acceptors (Lipinski definition) is 2. The van der Waals surface area contributed by atoms with Crippen LogP contribution in [0.2, 0.25) is 0 Å². The Morgan fingerprint density at radius 2 is 1.66 bits per heavy atom. The molecule has 4 nitrogen and oxygen atoms in total. The molecule has 0 saturated heterocycles. The molecule has 2 aromatic rings. The van der Waals surface area contributed by atoms with Crippen molar-refractivity contribution < 1.29 is 9.59 Å². The zero-order valence-corrected chi connectivity index (χ0v) is 16.8. The Morgan fingerprint density at radius 3 is 2.38 bits per heavy atom. The molecule has 2 aromatic carbocycles. The topological polar surface area (TPSA) is 49.4 Å². The van der Waals surface area contributed by atoms with E-state index < -0.39 is 5.54 Å². The Hall–Kier alpha value is -2.62. The van der Waals surface area contributed by atoms with Gasteiger partial charge in [0.15, 0.2) is 0 Å². The SMILES string of the molecule is O=C(NC1CC1)[C@H]1c2ccccc2C(=O)N(Cc2ccccc2)C12CCCCC2. The summed E-state index contributed by atoms with van der Waals surface area (Å²) in [5.74, 6) is -0.116. The maximum Gasteiger partial charge on any atom is 0.254 e. The van der Waals surface area contributed by atoms with E-state index in [1.807, 2.05) is 47.4 Å². The Balaban J connectivity index is 1.63. The molecule has 2 aliphatic carbocycles. The molecule has 1 aliphatic heterocycles. The van der Waals surface area contributed by atoms with Gasteiger partial charge in [0.2, 0.25) is 5.91 Å². The van der Waals surface area contributed by atoms with Crippen LogP contribution in [-0.4, -0.2) is 28.3 Å².